The summed E-state index contributed by atoms with van der Waals surface area (Å²) >= 11 is 0. The molecule has 146 valence electrons. The molecule has 0 fully saturated rings. The molecule has 0 amide bonds. The third kappa shape index (κ3) is 5.33. The van der Waals surface area contributed by atoms with E-state index in [9.17, 15) is 19.2 Å². The van der Waals surface area contributed by atoms with Crippen LogP contribution in [0.5, 0.6) is 0 Å². The van der Waals surface area contributed by atoms with Crippen LogP contribution in [0.3, 0.4) is 0 Å². The van der Waals surface area contributed by atoms with E-state index in [1.165, 1.54) is 26.0 Å². The molecule has 0 aromatic carbocycles. The van der Waals surface area contributed by atoms with Crippen LogP contribution in [0.1, 0.15) is 13.8 Å². The second-order valence-electron chi connectivity index (χ2n) is 7.49. The van der Waals surface area contributed by atoms with Crippen molar-refractivity contribution in [3.8, 4) is 0 Å². The molecule has 0 saturated heterocycles. The summed E-state index contributed by atoms with van der Waals surface area (Å²) in [6.07, 6.45) is 3.57. The number of ether oxygens (including phenoxy) is 3. The molecule has 2 aliphatic rings. The van der Waals surface area contributed by atoms with Crippen LogP contribution in [-0.4, -0.2) is 56.5 Å². The molecule has 0 aromatic heterocycles. The fraction of sp³-hybridized carbons (Fsp3) is 0.474. The van der Waals surface area contributed by atoms with E-state index in [0.29, 0.717) is 5.20 Å². The van der Waals surface area contributed by atoms with Gasteiger partial charge in [0, 0.05) is 19.4 Å². The Morgan fingerprint density at radius 1 is 1.04 bits per heavy atom. The van der Waals surface area contributed by atoms with E-state index in [1.807, 2.05) is 19.6 Å². The molecule has 0 unspecified atom stereocenters. The number of hydrogen-bond donors (Lipinski definition) is 0. The average Bonchev–Trinajstić information content (AvgIpc) is 2.54. The Morgan fingerprint density at radius 2 is 1.70 bits per heavy atom. The summed E-state index contributed by atoms with van der Waals surface area (Å²) in [5.41, 5.74) is 0.215. The number of rotatable bonds is 5. The SMILES string of the molecule is CC(=O)OC[C@H]1O[C@H](C2=CC(=O)C([Si](C)(C)C)=CC2=O)C=C[C@@H]1OC(C)=O. The van der Waals surface area contributed by atoms with Gasteiger partial charge in [-0.3, -0.25) is 19.2 Å². The minimum absolute atomic E-state index is 0.139. The summed E-state index contributed by atoms with van der Waals surface area (Å²) in [7, 11) is -1.94. The van der Waals surface area contributed by atoms with E-state index >= 15 is 0 Å². The standard InChI is InChI=1S/C19H24O7Si/c1-11(20)24-10-18-17(25-12(2)21)7-6-16(26-18)13-8-15(23)19(9-14(13)22)27(3,4)5/h6-9,16-18H,10H2,1-5H3/t16-,17-,18+/m0/s1. The minimum Gasteiger partial charge on any atom is -0.463 e. The van der Waals surface area contributed by atoms with Gasteiger partial charge in [0.05, 0.1) is 8.07 Å². The fourth-order valence-corrected chi connectivity index (χ4v) is 4.22. The summed E-state index contributed by atoms with van der Waals surface area (Å²) in [5.74, 6) is -1.47. The first kappa shape index (κ1) is 21.0. The third-order valence-electron chi connectivity index (χ3n) is 4.14. The van der Waals surface area contributed by atoms with Crippen molar-refractivity contribution in [2.45, 2.75) is 51.8 Å². The number of carbonyl (C=O) groups is 4. The summed E-state index contributed by atoms with van der Waals surface area (Å²) in [6, 6.07) is 0. The zero-order chi connectivity index (χ0) is 20.4. The molecule has 0 bridgehead atoms. The number of ketones is 2. The van der Waals surface area contributed by atoms with Crippen LogP contribution >= 0.6 is 0 Å². The molecule has 27 heavy (non-hydrogen) atoms. The van der Waals surface area contributed by atoms with Gasteiger partial charge in [0.2, 0.25) is 0 Å². The first-order valence-electron chi connectivity index (χ1n) is 8.66. The molecule has 1 aliphatic carbocycles. The van der Waals surface area contributed by atoms with Crippen LogP contribution in [0, 0.1) is 0 Å². The average molecular weight is 392 g/mol. The second kappa shape index (κ2) is 8.14. The van der Waals surface area contributed by atoms with Gasteiger partial charge < -0.3 is 14.2 Å². The van der Waals surface area contributed by atoms with Crippen LogP contribution in [0.2, 0.25) is 19.6 Å². The normalized spacial score (nSPS) is 25.6. The van der Waals surface area contributed by atoms with Crippen molar-refractivity contribution < 1.29 is 33.4 Å². The molecule has 0 aromatic rings. The molecule has 0 saturated carbocycles. The second-order valence-corrected chi connectivity index (χ2v) is 12.5. The van der Waals surface area contributed by atoms with Crippen molar-refractivity contribution in [1.82, 2.24) is 0 Å². The van der Waals surface area contributed by atoms with Gasteiger partial charge >= 0.3 is 11.9 Å². The van der Waals surface area contributed by atoms with E-state index in [1.54, 1.807) is 12.2 Å². The molecule has 7 nitrogen and oxygen atoms in total. The highest BCUT2D eigenvalue weighted by Gasteiger charge is 2.36. The topological polar surface area (TPSA) is 96.0 Å². The van der Waals surface area contributed by atoms with Gasteiger partial charge in [0.1, 0.15) is 24.9 Å². The highest BCUT2D eigenvalue weighted by molar-refractivity contribution is 6.88. The van der Waals surface area contributed by atoms with Gasteiger partial charge in [-0.15, -0.1) is 0 Å². The number of allylic oxidation sites excluding steroid dienone is 3. The predicted molar refractivity (Wildman–Crippen MR) is 99.5 cm³/mol. The number of hydrogen-bond acceptors (Lipinski definition) is 7. The van der Waals surface area contributed by atoms with E-state index in [2.05, 4.69) is 0 Å². The molecular formula is C19H24O7Si. The quantitative estimate of drug-likeness (QED) is 0.304. The fourth-order valence-electron chi connectivity index (χ4n) is 2.85. The van der Waals surface area contributed by atoms with Crippen molar-refractivity contribution in [2.75, 3.05) is 6.61 Å². The Hall–Kier alpha value is -2.32. The zero-order valence-electron chi connectivity index (χ0n) is 16.1. The Bertz CT molecular complexity index is 755. The smallest absolute Gasteiger partial charge is 0.303 e. The van der Waals surface area contributed by atoms with Gasteiger partial charge in [-0.2, -0.15) is 0 Å². The van der Waals surface area contributed by atoms with Crippen LogP contribution in [-0.2, 0) is 33.4 Å². The maximum atomic E-state index is 12.6. The highest BCUT2D eigenvalue weighted by Crippen LogP contribution is 2.27. The van der Waals surface area contributed by atoms with Gasteiger partial charge in [-0.05, 0) is 23.4 Å². The zero-order valence-corrected chi connectivity index (χ0v) is 17.1. The van der Waals surface area contributed by atoms with Gasteiger partial charge in [0.15, 0.2) is 11.6 Å². The summed E-state index contributed by atoms with van der Waals surface area (Å²) in [5, 5.41) is 0.574. The van der Waals surface area contributed by atoms with Crippen molar-refractivity contribution in [1.29, 1.82) is 0 Å². The lowest BCUT2D eigenvalue weighted by molar-refractivity contribution is -0.162. The van der Waals surface area contributed by atoms with E-state index in [4.69, 9.17) is 14.2 Å². The summed E-state index contributed by atoms with van der Waals surface area (Å²) in [4.78, 5) is 47.4. The summed E-state index contributed by atoms with van der Waals surface area (Å²) in [6.45, 7) is 8.37. The molecule has 0 radical (unpaired) electrons. The van der Waals surface area contributed by atoms with E-state index in [0.717, 1.165) is 0 Å². The van der Waals surface area contributed by atoms with E-state index in [-0.39, 0.29) is 23.7 Å². The molecule has 2 rings (SSSR count). The predicted octanol–water partition coefficient (Wildman–Crippen LogP) is 1.69. The van der Waals surface area contributed by atoms with Gasteiger partial charge in [-0.1, -0.05) is 25.7 Å². The lowest BCUT2D eigenvalue weighted by atomic mass is 9.95. The molecule has 8 heteroatoms. The molecule has 1 heterocycles. The number of carbonyl (C=O) groups excluding carboxylic acids is 4. The van der Waals surface area contributed by atoms with Crippen LogP contribution in [0.15, 0.2) is 35.1 Å². The lowest BCUT2D eigenvalue weighted by Crippen LogP contribution is -2.43. The minimum atomic E-state index is -1.94. The maximum absolute atomic E-state index is 12.6. The largest absolute Gasteiger partial charge is 0.463 e. The summed E-state index contributed by atoms with van der Waals surface area (Å²) < 4.78 is 16.0. The Kier molecular flexibility index (Phi) is 6.33. The Balaban J connectivity index is 2.24. The van der Waals surface area contributed by atoms with Crippen molar-refractivity contribution >= 4 is 31.6 Å². The van der Waals surface area contributed by atoms with Crippen LogP contribution < -0.4 is 0 Å². The van der Waals surface area contributed by atoms with E-state index < -0.39 is 38.3 Å². The maximum Gasteiger partial charge on any atom is 0.303 e. The third-order valence-corrected chi connectivity index (χ3v) is 6.15. The molecular weight excluding hydrogens is 368 g/mol. The first-order valence-corrected chi connectivity index (χ1v) is 12.2. The highest BCUT2D eigenvalue weighted by atomic mass is 28.3. The van der Waals surface area contributed by atoms with Crippen LogP contribution in [0.25, 0.3) is 0 Å². The Morgan fingerprint density at radius 3 is 2.26 bits per heavy atom. The lowest BCUT2D eigenvalue weighted by Gasteiger charge is -2.33. The molecule has 0 N–H and O–H groups in total. The van der Waals surface area contributed by atoms with Crippen LogP contribution in [0.4, 0.5) is 0 Å². The molecule has 1 aliphatic heterocycles. The Labute approximate surface area is 159 Å². The van der Waals surface area contributed by atoms with Gasteiger partial charge in [0.25, 0.3) is 0 Å². The number of esters is 2. The molecule has 3 atom stereocenters. The van der Waals surface area contributed by atoms with Crippen molar-refractivity contribution in [2.24, 2.45) is 0 Å². The van der Waals surface area contributed by atoms with Gasteiger partial charge in [-0.25, -0.2) is 0 Å². The van der Waals surface area contributed by atoms with Crippen molar-refractivity contribution in [3.63, 3.8) is 0 Å². The molecule has 0 spiro atoms. The first-order chi connectivity index (χ1) is 12.5. The monoisotopic (exact) mass is 392 g/mol. The van der Waals surface area contributed by atoms with Crippen molar-refractivity contribution in [3.05, 3.63) is 35.1 Å².